The van der Waals surface area contributed by atoms with Gasteiger partial charge in [-0.3, -0.25) is 9.59 Å². The average molecular weight is 609 g/mol. The van der Waals surface area contributed by atoms with Crippen molar-refractivity contribution in [3.05, 3.63) is 101 Å². The van der Waals surface area contributed by atoms with Gasteiger partial charge in [0.25, 0.3) is 0 Å². The highest BCUT2D eigenvalue weighted by Gasteiger charge is 2.72. The minimum absolute atomic E-state index is 0.200. The molecule has 0 spiro atoms. The smallest absolute Gasteiger partial charge is 0.338 e. The van der Waals surface area contributed by atoms with E-state index >= 15 is 0 Å². The van der Waals surface area contributed by atoms with Gasteiger partial charge in [0.1, 0.15) is 0 Å². The maximum Gasteiger partial charge on any atom is 0.338 e. The molecule has 36 heavy (non-hydrogen) atoms. The summed E-state index contributed by atoms with van der Waals surface area (Å²) in [6, 6.07) is 22.5. The summed E-state index contributed by atoms with van der Waals surface area (Å²) in [6.07, 6.45) is 0. The first-order valence-electron chi connectivity index (χ1n) is 11.9. The molecule has 0 saturated carbocycles. The number of anilines is 1. The standard InChI is InChI=1S/C29H23Br2NO4/c1-16(2)15-36-27(35)17-8-7-9-18(14-17)32-25(33)23-24(26(32)34)29(31)20-11-4-3-10-19(20)28(23,30)21-12-5-6-13-22(21)29/h3-14,16,23-24H,15H2,1-2H3/t23-,24-,28?,29?/m0/s1. The molecule has 2 atom stereocenters. The highest BCUT2D eigenvalue weighted by Crippen LogP contribution is 2.70. The fourth-order valence-electron chi connectivity index (χ4n) is 6.02. The summed E-state index contributed by atoms with van der Waals surface area (Å²) in [6.45, 7) is 4.22. The van der Waals surface area contributed by atoms with Crippen LogP contribution in [0, 0.1) is 17.8 Å². The Morgan fingerprint density at radius 1 is 0.833 bits per heavy atom. The first-order valence-corrected chi connectivity index (χ1v) is 13.5. The fourth-order valence-corrected chi connectivity index (χ4v) is 8.32. The number of amides is 2. The number of carbonyl (C=O) groups excluding carboxylic acids is 3. The molecular weight excluding hydrogens is 586 g/mol. The van der Waals surface area contributed by atoms with Crippen LogP contribution in [0.5, 0.6) is 0 Å². The summed E-state index contributed by atoms with van der Waals surface area (Å²) in [5.41, 5.74) is 4.61. The Morgan fingerprint density at radius 2 is 1.31 bits per heavy atom. The Labute approximate surface area is 226 Å². The fraction of sp³-hybridized carbons (Fsp3) is 0.276. The molecule has 7 rings (SSSR count). The van der Waals surface area contributed by atoms with Gasteiger partial charge in [-0.05, 0) is 46.4 Å². The Bertz CT molecular complexity index is 1330. The lowest BCUT2D eigenvalue weighted by atomic mass is 9.54. The summed E-state index contributed by atoms with van der Waals surface area (Å²) in [5, 5.41) is 0. The van der Waals surface area contributed by atoms with Gasteiger partial charge in [-0.1, -0.05) is 100 Å². The van der Waals surface area contributed by atoms with Gasteiger partial charge >= 0.3 is 5.97 Å². The van der Waals surface area contributed by atoms with Gasteiger partial charge in [-0.2, -0.15) is 0 Å². The van der Waals surface area contributed by atoms with Crippen LogP contribution in [0.4, 0.5) is 5.69 Å². The number of halogens is 2. The third-order valence-corrected chi connectivity index (χ3v) is 10.2. The number of nitrogens with zero attached hydrogens (tertiary/aromatic N) is 1. The Balaban J connectivity index is 1.49. The quantitative estimate of drug-likeness (QED) is 0.210. The van der Waals surface area contributed by atoms with Crippen LogP contribution in [0.1, 0.15) is 46.5 Å². The van der Waals surface area contributed by atoms with Crippen LogP contribution in [0.2, 0.25) is 0 Å². The highest BCUT2D eigenvalue weighted by molar-refractivity contribution is 9.10. The number of ether oxygens (including phenoxy) is 1. The lowest BCUT2D eigenvalue weighted by Crippen LogP contribution is -2.56. The van der Waals surface area contributed by atoms with Crippen molar-refractivity contribution in [1.82, 2.24) is 0 Å². The van der Waals surface area contributed by atoms with E-state index in [0.29, 0.717) is 17.9 Å². The number of esters is 1. The molecule has 1 fully saturated rings. The zero-order chi connectivity index (χ0) is 25.4. The van der Waals surface area contributed by atoms with Crippen LogP contribution >= 0.6 is 31.9 Å². The molecule has 0 unspecified atom stereocenters. The van der Waals surface area contributed by atoms with Crippen molar-refractivity contribution in [2.24, 2.45) is 17.8 Å². The number of rotatable bonds is 4. The van der Waals surface area contributed by atoms with Crippen LogP contribution < -0.4 is 4.90 Å². The normalized spacial score (nSPS) is 27.6. The summed E-state index contributed by atoms with van der Waals surface area (Å²) in [4.78, 5) is 42.2. The first-order chi connectivity index (χ1) is 17.2. The lowest BCUT2D eigenvalue weighted by molar-refractivity contribution is -0.122. The van der Waals surface area contributed by atoms with Gasteiger partial charge in [-0.25, -0.2) is 9.69 Å². The van der Waals surface area contributed by atoms with Crippen LogP contribution in [0.3, 0.4) is 0 Å². The van der Waals surface area contributed by atoms with Crippen molar-refractivity contribution in [3.8, 4) is 0 Å². The van der Waals surface area contributed by atoms with Crippen LogP contribution in [-0.2, 0) is 23.0 Å². The van der Waals surface area contributed by atoms with Gasteiger partial charge in [0, 0.05) is 0 Å². The minimum atomic E-state index is -0.852. The van der Waals surface area contributed by atoms with E-state index in [4.69, 9.17) is 4.74 Å². The first kappa shape index (κ1) is 23.6. The zero-order valence-corrected chi connectivity index (χ0v) is 22.9. The highest BCUT2D eigenvalue weighted by atomic mass is 79.9. The van der Waals surface area contributed by atoms with E-state index in [1.807, 2.05) is 62.4 Å². The second kappa shape index (κ2) is 8.12. The predicted octanol–water partition coefficient (Wildman–Crippen LogP) is 5.91. The molecule has 1 saturated heterocycles. The molecule has 5 nitrogen and oxygen atoms in total. The molecule has 2 amide bonds. The summed E-state index contributed by atoms with van der Waals surface area (Å²) >= 11 is 8.01. The van der Waals surface area contributed by atoms with Crippen molar-refractivity contribution in [2.45, 2.75) is 22.5 Å². The molecule has 0 aromatic heterocycles. The SMILES string of the molecule is CC(C)COC(=O)c1cccc(N2C(=O)[C@@H]3[C@@H](C2=O)C2(Br)c4ccccc4C3(Br)c3ccccc32)c1. The zero-order valence-electron chi connectivity index (χ0n) is 19.7. The molecular formula is C29H23Br2NO4. The molecule has 3 aromatic carbocycles. The summed E-state index contributed by atoms with van der Waals surface area (Å²) in [7, 11) is 0. The van der Waals surface area contributed by atoms with Crippen LogP contribution in [-0.4, -0.2) is 24.4 Å². The van der Waals surface area contributed by atoms with E-state index in [9.17, 15) is 14.4 Å². The maximum atomic E-state index is 14.1. The molecule has 182 valence electrons. The summed E-state index contributed by atoms with van der Waals surface area (Å²) in [5.74, 6) is -2.18. The van der Waals surface area contributed by atoms with E-state index in [-0.39, 0.29) is 17.7 Å². The molecule has 4 aliphatic rings. The molecule has 7 heteroatoms. The largest absolute Gasteiger partial charge is 0.462 e. The third-order valence-electron chi connectivity index (χ3n) is 7.47. The Kier molecular flexibility index (Phi) is 5.33. The van der Waals surface area contributed by atoms with Gasteiger partial charge < -0.3 is 4.74 Å². The van der Waals surface area contributed by atoms with E-state index in [1.165, 1.54) is 4.90 Å². The second-order valence-corrected chi connectivity index (χ2v) is 12.5. The average Bonchev–Trinajstić information content (AvgIpc) is 3.16. The Hall–Kier alpha value is -2.77. The number of hydrogen-bond acceptors (Lipinski definition) is 4. The van der Waals surface area contributed by atoms with E-state index < -0.39 is 26.5 Å². The van der Waals surface area contributed by atoms with Crippen molar-refractivity contribution in [1.29, 1.82) is 0 Å². The molecule has 1 aliphatic heterocycles. The van der Waals surface area contributed by atoms with E-state index in [0.717, 1.165) is 22.3 Å². The summed E-state index contributed by atoms with van der Waals surface area (Å²) < 4.78 is 3.67. The number of alkyl halides is 2. The molecule has 0 radical (unpaired) electrons. The van der Waals surface area contributed by atoms with Gasteiger partial charge in [0.05, 0.1) is 38.3 Å². The van der Waals surface area contributed by atoms with E-state index in [2.05, 4.69) is 31.9 Å². The third kappa shape index (κ3) is 2.96. The minimum Gasteiger partial charge on any atom is -0.462 e. The molecule has 3 aromatic rings. The number of hydrogen-bond donors (Lipinski definition) is 0. The van der Waals surface area contributed by atoms with Gasteiger partial charge in [0.2, 0.25) is 11.8 Å². The van der Waals surface area contributed by atoms with Gasteiger partial charge in [0.15, 0.2) is 0 Å². The monoisotopic (exact) mass is 607 g/mol. The van der Waals surface area contributed by atoms with Crippen molar-refractivity contribution in [2.75, 3.05) is 11.5 Å². The predicted molar refractivity (Wildman–Crippen MR) is 143 cm³/mol. The molecule has 2 bridgehead atoms. The number of benzene rings is 3. The van der Waals surface area contributed by atoms with Crippen LogP contribution in [0.15, 0.2) is 72.8 Å². The van der Waals surface area contributed by atoms with E-state index in [1.54, 1.807) is 24.3 Å². The lowest BCUT2D eigenvalue weighted by Gasteiger charge is -2.55. The van der Waals surface area contributed by atoms with Crippen molar-refractivity contribution < 1.29 is 19.1 Å². The molecule has 3 aliphatic carbocycles. The van der Waals surface area contributed by atoms with Crippen molar-refractivity contribution >= 4 is 55.3 Å². The Morgan fingerprint density at radius 3 is 1.75 bits per heavy atom. The maximum absolute atomic E-state index is 14.1. The molecule has 1 heterocycles. The van der Waals surface area contributed by atoms with Crippen molar-refractivity contribution in [3.63, 3.8) is 0 Å². The van der Waals surface area contributed by atoms with Gasteiger partial charge in [-0.15, -0.1) is 0 Å². The number of imide groups is 1. The number of carbonyl (C=O) groups is 3. The second-order valence-electron chi connectivity index (χ2n) is 10.0. The molecule has 0 N–H and O–H groups in total. The van der Waals surface area contributed by atoms with Crippen LogP contribution in [0.25, 0.3) is 0 Å². The topological polar surface area (TPSA) is 63.7 Å².